The molecule has 3 nitrogen and oxygen atoms in total. The van der Waals surface area contributed by atoms with Crippen molar-refractivity contribution in [1.29, 1.82) is 0 Å². The predicted octanol–water partition coefficient (Wildman–Crippen LogP) is 4.79. The van der Waals surface area contributed by atoms with Gasteiger partial charge < -0.3 is 9.32 Å². The van der Waals surface area contributed by atoms with Gasteiger partial charge in [-0.05, 0) is 52.5 Å². The summed E-state index contributed by atoms with van der Waals surface area (Å²) in [4.78, 5) is 14.7. The minimum Gasteiger partial charge on any atom is -0.450 e. The smallest absolute Gasteiger partial charge is 0.294 e. The maximum Gasteiger partial charge on any atom is 0.294 e. The van der Waals surface area contributed by atoms with Crippen LogP contribution in [0.15, 0.2) is 57.4 Å². The molecular formula is C18H14BrNO2. The number of aryl methyl sites for hydroxylation is 1. The van der Waals surface area contributed by atoms with E-state index < -0.39 is 0 Å². The molecule has 0 radical (unpaired) electrons. The van der Waals surface area contributed by atoms with Crippen molar-refractivity contribution in [3.8, 4) is 0 Å². The van der Waals surface area contributed by atoms with Crippen molar-refractivity contribution in [2.75, 3.05) is 11.4 Å². The zero-order valence-corrected chi connectivity index (χ0v) is 13.5. The van der Waals surface area contributed by atoms with Gasteiger partial charge in [0.05, 0.1) is 4.47 Å². The van der Waals surface area contributed by atoms with Crippen LogP contribution in [0.3, 0.4) is 0 Å². The number of hydrogen-bond acceptors (Lipinski definition) is 2. The average Bonchev–Trinajstić information content (AvgIpc) is 2.99. The molecule has 0 aliphatic carbocycles. The van der Waals surface area contributed by atoms with E-state index in [0.717, 1.165) is 40.5 Å². The third-order valence-electron chi connectivity index (χ3n) is 4.06. The highest BCUT2D eigenvalue weighted by molar-refractivity contribution is 9.10. The Bertz CT molecular complexity index is 868. The highest BCUT2D eigenvalue weighted by Gasteiger charge is 2.25. The fourth-order valence-electron chi connectivity index (χ4n) is 3.01. The quantitative estimate of drug-likeness (QED) is 0.628. The Morgan fingerprint density at radius 1 is 1.14 bits per heavy atom. The van der Waals surface area contributed by atoms with Crippen LogP contribution < -0.4 is 4.90 Å². The molecule has 0 unspecified atom stereocenters. The van der Waals surface area contributed by atoms with Crippen LogP contribution in [-0.2, 0) is 6.42 Å². The molecule has 1 amide bonds. The summed E-state index contributed by atoms with van der Waals surface area (Å²) in [5.74, 6) is 0.314. The number of halogens is 1. The molecule has 2 aromatic carbocycles. The summed E-state index contributed by atoms with van der Waals surface area (Å²) >= 11 is 3.46. The van der Waals surface area contributed by atoms with Crippen LogP contribution in [0.4, 0.5) is 5.69 Å². The van der Waals surface area contributed by atoms with E-state index in [-0.39, 0.29) is 5.91 Å². The van der Waals surface area contributed by atoms with Crippen molar-refractivity contribution in [2.24, 2.45) is 0 Å². The van der Waals surface area contributed by atoms with Gasteiger partial charge in [-0.2, -0.15) is 0 Å². The second kappa shape index (κ2) is 5.29. The molecule has 0 saturated heterocycles. The van der Waals surface area contributed by atoms with Crippen LogP contribution in [0.5, 0.6) is 0 Å². The van der Waals surface area contributed by atoms with Crippen molar-refractivity contribution >= 4 is 38.5 Å². The van der Waals surface area contributed by atoms with Gasteiger partial charge in [-0.3, -0.25) is 4.79 Å². The first kappa shape index (κ1) is 13.6. The minimum absolute atomic E-state index is 0.0738. The number of hydrogen-bond donors (Lipinski definition) is 0. The molecule has 1 aromatic heterocycles. The topological polar surface area (TPSA) is 33.5 Å². The maximum atomic E-state index is 12.9. The van der Waals surface area contributed by atoms with E-state index in [0.29, 0.717) is 5.76 Å². The van der Waals surface area contributed by atoms with E-state index in [9.17, 15) is 4.79 Å². The Morgan fingerprint density at radius 2 is 2.00 bits per heavy atom. The number of amides is 1. The summed E-state index contributed by atoms with van der Waals surface area (Å²) in [5.41, 5.74) is 2.94. The Labute approximate surface area is 136 Å². The van der Waals surface area contributed by atoms with Gasteiger partial charge in [0.15, 0.2) is 5.76 Å². The maximum absolute atomic E-state index is 12.9. The van der Waals surface area contributed by atoms with Crippen LogP contribution in [-0.4, -0.2) is 12.5 Å². The molecule has 4 rings (SSSR count). The zero-order valence-electron chi connectivity index (χ0n) is 11.9. The summed E-state index contributed by atoms with van der Waals surface area (Å²) in [6.07, 6.45) is 2.00. The SMILES string of the molecule is O=C(c1cc2cccc(Br)c2o1)N1CCCc2ccccc21. The molecule has 3 aromatic rings. The summed E-state index contributed by atoms with van der Waals surface area (Å²) in [7, 11) is 0. The number of rotatable bonds is 1. The van der Waals surface area contributed by atoms with E-state index in [1.165, 1.54) is 5.56 Å². The number of carbonyl (C=O) groups is 1. The Morgan fingerprint density at radius 3 is 2.86 bits per heavy atom. The summed E-state index contributed by atoms with van der Waals surface area (Å²) < 4.78 is 6.65. The lowest BCUT2D eigenvalue weighted by molar-refractivity contribution is 0.0960. The van der Waals surface area contributed by atoms with Gasteiger partial charge in [-0.1, -0.05) is 30.3 Å². The lowest BCUT2D eigenvalue weighted by Crippen LogP contribution is -2.35. The molecule has 110 valence electrons. The van der Waals surface area contributed by atoms with Crippen LogP contribution in [0.2, 0.25) is 0 Å². The first-order valence-electron chi connectivity index (χ1n) is 7.32. The van der Waals surface area contributed by atoms with E-state index >= 15 is 0 Å². The standard InChI is InChI=1S/C18H14BrNO2/c19-14-8-3-6-13-11-16(22-17(13)14)18(21)20-10-4-7-12-5-1-2-9-15(12)20/h1-3,5-6,8-9,11H,4,7,10H2. The number of furan rings is 1. The van der Waals surface area contributed by atoms with Gasteiger partial charge in [0.1, 0.15) is 5.58 Å². The molecule has 0 bridgehead atoms. The first-order chi connectivity index (χ1) is 10.7. The monoisotopic (exact) mass is 355 g/mol. The number of benzene rings is 2. The second-order valence-corrected chi connectivity index (χ2v) is 6.31. The second-order valence-electron chi connectivity index (χ2n) is 5.46. The van der Waals surface area contributed by atoms with Crippen molar-refractivity contribution < 1.29 is 9.21 Å². The van der Waals surface area contributed by atoms with E-state index in [1.54, 1.807) is 0 Å². The Kier molecular flexibility index (Phi) is 3.26. The van der Waals surface area contributed by atoms with Crippen molar-refractivity contribution in [2.45, 2.75) is 12.8 Å². The molecular weight excluding hydrogens is 342 g/mol. The fourth-order valence-corrected chi connectivity index (χ4v) is 3.47. The van der Waals surface area contributed by atoms with Crippen molar-refractivity contribution in [1.82, 2.24) is 0 Å². The lowest BCUT2D eigenvalue weighted by atomic mass is 10.0. The predicted molar refractivity (Wildman–Crippen MR) is 90.4 cm³/mol. The summed E-state index contributed by atoms with van der Waals surface area (Å²) in [5, 5.41) is 0.933. The normalized spacial score (nSPS) is 14.1. The van der Waals surface area contributed by atoms with Crippen LogP contribution in [0.25, 0.3) is 11.0 Å². The number of carbonyl (C=O) groups excluding carboxylic acids is 1. The highest BCUT2D eigenvalue weighted by atomic mass is 79.9. The molecule has 4 heteroatoms. The molecule has 22 heavy (non-hydrogen) atoms. The van der Waals surface area contributed by atoms with Gasteiger partial charge in [-0.15, -0.1) is 0 Å². The molecule has 1 aliphatic heterocycles. The zero-order chi connectivity index (χ0) is 15.1. The molecule has 0 spiro atoms. The van der Waals surface area contributed by atoms with Crippen molar-refractivity contribution in [3.63, 3.8) is 0 Å². The minimum atomic E-state index is -0.0738. The first-order valence-corrected chi connectivity index (χ1v) is 8.11. The fraction of sp³-hybridized carbons (Fsp3) is 0.167. The van der Waals surface area contributed by atoms with Crippen LogP contribution in [0, 0.1) is 0 Å². The van der Waals surface area contributed by atoms with E-state index in [1.807, 2.05) is 47.4 Å². The lowest BCUT2D eigenvalue weighted by Gasteiger charge is -2.28. The highest BCUT2D eigenvalue weighted by Crippen LogP contribution is 2.31. The van der Waals surface area contributed by atoms with Gasteiger partial charge in [0.25, 0.3) is 5.91 Å². The number of fused-ring (bicyclic) bond motifs is 2. The molecule has 1 aliphatic rings. The molecule has 2 heterocycles. The average molecular weight is 356 g/mol. The van der Waals surface area contributed by atoms with E-state index in [4.69, 9.17) is 4.42 Å². The van der Waals surface area contributed by atoms with Gasteiger partial charge in [0, 0.05) is 17.6 Å². The number of para-hydroxylation sites is 2. The third kappa shape index (κ3) is 2.15. The molecule has 0 atom stereocenters. The third-order valence-corrected chi connectivity index (χ3v) is 4.69. The van der Waals surface area contributed by atoms with Gasteiger partial charge in [-0.25, -0.2) is 0 Å². The largest absolute Gasteiger partial charge is 0.450 e. The summed E-state index contributed by atoms with van der Waals surface area (Å²) in [6.45, 7) is 0.730. The molecule has 0 fully saturated rings. The Balaban J connectivity index is 1.77. The van der Waals surface area contributed by atoms with Gasteiger partial charge in [0.2, 0.25) is 0 Å². The Hall–Kier alpha value is -2.07. The molecule has 0 N–H and O–H groups in total. The number of nitrogens with zero attached hydrogens (tertiary/aromatic N) is 1. The summed E-state index contributed by atoms with van der Waals surface area (Å²) in [6, 6.07) is 15.7. The van der Waals surface area contributed by atoms with Gasteiger partial charge >= 0.3 is 0 Å². The number of anilines is 1. The van der Waals surface area contributed by atoms with Crippen LogP contribution >= 0.6 is 15.9 Å². The van der Waals surface area contributed by atoms with Crippen LogP contribution in [0.1, 0.15) is 22.5 Å². The van der Waals surface area contributed by atoms with Crippen molar-refractivity contribution in [3.05, 3.63) is 64.3 Å². The molecule has 0 saturated carbocycles. The van der Waals surface area contributed by atoms with E-state index in [2.05, 4.69) is 22.0 Å².